The highest BCUT2D eigenvalue weighted by Crippen LogP contribution is 2.26. The SMILES string of the molecule is NC1CC=C(Cc2cc(Br)cs2)CC1. The smallest absolute Gasteiger partial charge is 0.0285 e. The van der Waals surface area contributed by atoms with E-state index in [2.05, 4.69) is 33.5 Å². The molecule has 1 aromatic heterocycles. The molecule has 14 heavy (non-hydrogen) atoms. The Bertz CT molecular complexity index is 343. The molecule has 0 aromatic carbocycles. The Labute approximate surface area is 97.1 Å². The predicted octanol–water partition coefficient (Wildman–Crippen LogP) is 3.49. The number of hydrogen-bond acceptors (Lipinski definition) is 2. The third-order valence-corrected chi connectivity index (χ3v) is 4.27. The van der Waals surface area contributed by atoms with Crippen LogP contribution in [0.3, 0.4) is 0 Å². The quantitative estimate of drug-likeness (QED) is 0.819. The molecule has 1 aliphatic carbocycles. The fraction of sp³-hybridized carbons (Fsp3) is 0.455. The molecule has 0 fully saturated rings. The molecule has 3 heteroatoms. The van der Waals surface area contributed by atoms with Crippen molar-refractivity contribution in [2.45, 2.75) is 31.7 Å². The van der Waals surface area contributed by atoms with Crippen LogP contribution in [0.25, 0.3) is 0 Å². The van der Waals surface area contributed by atoms with Crippen molar-refractivity contribution in [3.8, 4) is 0 Å². The van der Waals surface area contributed by atoms with Gasteiger partial charge in [0, 0.05) is 27.2 Å². The van der Waals surface area contributed by atoms with Gasteiger partial charge in [-0.15, -0.1) is 11.3 Å². The Morgan fingerprint density at radius 3 is 3.00 bits per heavy atom. The van der Waals surface area contributed by atoms with Gasteiger partial charge in [0.1, 0.15) is 0 Å². The Hall–Kier alpha value is -0.120. The molecule has 76 valence electrons. The largest absolute Gasteiger partial charge is 0.327 e. The van der Waals surface area contributed by atoms with E-state index < -0.39 is 0 Å². The first-order chi connectivity index (χ1) is 6.74. The van der Waals surface area contributed by atoms with Crippen molar-refractivity contribution in [2.24, 2.45) is 5.73 Å². The van der Waals surface area contributed by atoms with Crippen LogP contribution in [-0.2, 0) is 6.42 Å². The van der Waals surface area contributed by atoms with Crippen LogP contribution in [0.2, 0.25) is 0 Å². The van der Waals surface area contributed by atoms with Crippen LogP contribution in [0.15, 0.2) is 27.6 Å². The molecular weight excluding hydrogens is 258 g/mol. The third-order valence-electron chi connectivity index (χ3n) is 2.57. The maximum absolute atomic E-state index is 5.84. The normalized spacial score (nSPS) is 22.1. The summed E-state index contributed by atoms with van der Waals surface area (Å²) < 4.78 is 1.20. The van der Waals surface area contributed by atoms with E-state index in [1.54, 1.807) is 5.57 Å². The first-order valence-electron chi connectivity index (χ1n) is 4.90. The van der Waals surface area contributed by atoms with Gasteiger partial charge in [0.05, 0.1) is 0 Å². The number of allylic oxidation sites excluding steroid dienone is 1. The second kappa shape index (κ2) is 4.60. The topological polar surface area (TPSA) is 26.0 Å². The number of nitrogens with two attached hydrogens (primary N) is 1. The molecule has 0 amide bonds. The molecule has 0 aliphatic heterocycles. The van der Waals surface area contributed by atoms with E-state index in [-0.39, 0.29) is 0 Å². The first-order valence-corrected chi connectivity index (χ1v) is 6.57. The fourth-order valence-electron chi connectivity index (χ4n) is 1.74. The van der Waals surface area contributed by atoms with E-state index in [1.807, 2.05) is 11.3 Å². The van der Waals surface area contributed by atoms with Gasteiger partial charge in [-0.3, -0.25) is 0 Å². The van der Waals surface area contributed by atoms with Crippen LogP contribution < -0.4 is 5.73 Å². The van der Waals surface area contributed by atoms with Gasteiger partial charge in [0.25, 0.3) is 0 Å². The molecule has 0 saturated heterocycles. The monoisotopic (exact) mass is 271 g/mol. The van der Waals surface area contributed by atoms with Crippen LogP contribution in [0.5, 0.6) is 0 Å². The molecule has 1 aromatic rings. The van der Waals surface area contributed by atoms with Gasteiger partial charge in [-0.1, -0.05) is 11.6 Å². The number of hydrogen-bond donors (Lipinski definition) is 1. The van der Waals surface area contributed by atoms with Crippen molar-refractivity contribution >= 4 is 27.3 Å². The first kappa shape index (κ1) is 10.4. The average molecular weight is 272 g/mol. The van der Waals surface area contributed by atoms with Crippen molar-refractivity contribution in [1.29, 1.82) is 0 Å². The molecule has 0 spiro atoms. The zero-order valence-corrected chi connectivity index (χ0v) is 10.4. The summed E-state index contributed by atoms with van der Waals surface area (Å²) in [6.07, 6.45) is 6.82. The summed E-state index contributed by atoms with van der Waals surface area (Å²) >= 11 is 5.30. The lowest BCUT2D eigenvalue weighted by atomic mass is 9.94. The predicted molar refractivity (Wildman–Crippen MR) is 65.6 cm³/mol. The summed E-state index contributed by atoms with van der Waals surface area (Å²) in [7, 11) is 0. The van der Waals surface area contributed by atoms with Gasteiger partial charge in [0.15, 0.2) is 0 Å². The van der Waals surface area contributed by atoms with Gasteiger partial charge in [0.2, 0.25) is 0 Å². The van der Waals surface area contributed by atoms with E-state index >= 15 is 0 Å². The van der Waals surface area contributed by atoms with Gasteiger partial charge in [-0.25, -0.2) is 0 Å². The lowest BCUT2D eigenvalue weighted by Gasteiger charge is -2.17. The van der Waals surface area contributed by atoms with Crippen molar-refractivity contribution in [3.05, 3.63) is 32.4 Å². The van der Waals surface area contributed by atoms with Gasteiger partial charge in [-0.2, -0.15) is 0 Å². The minimum Gasteiger partial charge on any atom is -0.327 e. The molecule has 0 saturated carbocycles. The van der Waals surface area contributed by atoms with Gasteiger partial charge >= 0.3 is 0 Å². The van der Waals surface area contributed by atoms with E-state index in [4.69, 9.17) is 5.73 Å². The molecule has 1 nitrogen and oxygen atoms in total. The van der Waals surface area contributed by atoms with Crippen LogP contribution >= 0.6 is 27.3 Å². The maximum Gasteiger partial charge on any atom is 0.0285 e. The summed E-state index contributed by atoms with van der Waals surface area (Å²) in [5, 5.41) is 2.14. The van der Waals surface area contributed by atoms with Crippen molar-refractivity contribution in [1.82, 2.24) is 0 Å². The lowest BCUT2D eigenvalue weighted by molar-refractivity contribution is 0.584. The number of thiophene rings is 1. The Kier molecular flexibility index (Phi) is 3.42. The summed E-state index contributed by atoms with van der Waals surface area (Å²) in [5.74, 6) is 0. The van der Waals surface area contributed by atoms with Crippen LogP contribution in [-0.4, -0.2) is 6.04 Å². The molecular formula is C11H14BrNS. The number of halogens is 1. The molecule has 0 bridgehead atoms. The van der Waals surface area contributed by atoms with Crippen molar-refractivity contribution < 1.29 is 0 Å². The fourth-order valence-corrected chi connectivity index (χ4v) is 3.24. The average Bonchev–Trinajstić information content (AvgIpc) is 2.56. The summed E-state index contributed by atoms with van der Waals surface area (Å²) in [6.45, 7) is 0. The van der Waals surface area contributed by atoms with Gasteiger partial charge < -0.3 is 5.73 Å². The van der Waals surface area contributed by atoms with E-state index in [0.29, 0.717) is 6.04 Å². The van der Waals surface area contributed by atoms with E-state index in [0.717, 1.165) is 19.3 Å². The van der Waals surface area contributed by atoms with E-state index in [1.165, 1.54) is 15.8 Å². The third kappa shape index (κ3) is 2.69. The number of rotatable bonds is 2. The standard InChI is InChI=1S/C11H14BrNS/c12-9-6-11(14-7-9)5-8-1-3-10(13)4-2-8/h1,6-7,10H,2-5,13H2. The molecule has 0 radical (unpaired) electrons. The Balaban J connectivity index is 1.98. The molecule has 1 aliphatic rings. The maximum atomic E-state index is 5.84. The Morgan fingerprint density at radius 1 is 1.57 bits per heavy atom. The summed E-state index contributed by atoms with van der Waals surface area (Å²) in [4.78, 5) is 1.44. The minimum atomic E-state index is 0.397. The lowest BCUT2D eigenvalue weighted by Crippen LogP contribution is -2.21. The van der Waals surface area contributed by atoms with Crippen LogP contribution in [0.1, 0.15) is 24.1 Å². The van der Waals surface area contributed by atoms with Crippen molar-refractivity contribution in [2.75, 3.05) is 0 Å². The zero-order valence-electron chi connectivity index (χ0n) is 8.00. The zero-order chi connectivity index (χ0) is 9.97. The second-order valence-electron chi connectivity index (χ2n) is 3.80. The van der Waals surface area contributed by atoms with Crippen LogP contribution in [0, 0.1) is 0 Å². The molecule has 1 atom stereocenters. The summed E-state index contributed by atoms with van der Waals surface area (Å²) in [6, 6.07) is 2.61. The highest BCUT2D eigenvalue weighted by Gasteiger charge is 2.11. The second-order valence-corrected chi connectivity index (χ2v) is 5.72. The summed E-state index contributed by atoms with van der Waals surface area (Å²) in [5.41, 5.74) is 7.40. The van der Waals surface area contributed by atoms with Crippen LogP contribution in [0.4, 0.5) is 0 Å². The molecule has 2 rings (SSSR count). The Morgan fingerprint density at radius 2 is 2.43 bits per heavy atom. The minimum absolute atomic E-state index is 0.397. The molecule has 1 heterocycles. The van der Waals surface area contributed by atoms with Gasteiger partial charge in [-0.05, 0) is 41.3 Å². The van der Waals surface area contributed by atoms with E-state index in [9.17, 15) is 0 Å². The highest BCUT2D eigenvalue weighted by atomic mass is 79.9. The molecule has 2 N–H and O–H groups in total. The molecule has 1 unspecified atom stereocenters. The van der Waals surface area contributed by atoms with Crippen molar-refractivity contribution in [3.63, 3.8) is 0 Å². The highest BCUT2D eigenvalue weighted by molar-refractivity contribution is 9.10.